The third-order valence-corrected chi connectivity index (χ3v) is 4.12. The Morgan fingerprint density at radius 3 is 2.45 bits per heavy atom. The normalized spacial score (nSPS) is 21.3. The van der Waals surface area contributed by atoms with Gasteiger partial charge < -0.3 is 4.79 Å². The Kier molecular flexibility index (Phi) is 3.46. The van der Waals surface area contributed by atoms with Gasteiger partial charge >= 0.3 is 0 Å². The van der Waals surface area contributed by atoms with Crippen molar-refractivity contribution >= 4 is 12.1 Å². The minimum Gasteiger partial charge on any atom is -0.303 e. The number of carbonyl (C=O) groups is 2. The lowest BCUT2D eigenvalue weighted by atomic mass is 9.71. The first-order valence-corrected chi connectivity index (χ1v) is 6.92. The summed E-state index contributed by atoms with van der Waals surface area (Å²) in [7, 11) is 0. The van der Waals surface area contributed by atoms with Crippen LogP contribution in [0.15, 0.2) is 54.6 Å². The predicted octanol–water partition coefficient (Wildman–Crippen LogP) is 3.41. The van der Waals surface area contributed by atoms with Crippen molar-refractivity contribution in [2.75, 3.05) is 0 Å². The van der Waals surface area contributed by atoms with Crippen molar-refractivity contribution in [3.05, 3.63) is 71.3 Å². The van der Waals surface area contributed by atoms with E-state index < -0.39 is 0 Å². The van der Waals surface area contributed by atoms with Gasteiger partial charge in [0.25, 0.3) is 0 Å². The van der Waals surface area contributed by atoms with Gasteiger partial charge in [-0.2, -0.15) is 0 Å². The molecule has 0 heterocycles. The highest BCUT2D eigenvalue weighted by Crippen LogP contribution is 2.38. The number of hydrogen-bond acceptors (Lipinski definition) is 2. The fourth-order valence-corrected chi connectivity index (χ4v) is 3.13. The van der Waals surface area contributed by atoms with Crippen molar-refractivity contribution in [2.45, 2.75) is 18.8 Å². The molecule has 0 aliphatic heterocycles. The highest BCUT2D eigenvalue weighted by atomic mass is 16.1. The maximum absolute atomic E-state index is 12.6. The molecule has 0 radical (unpaired) electrons. The van der Waals surface area contributed by atoms with Crippen molar-refractivity contribution in [2.24, 2.45) is 5.92 Å². The van der Waals surface area contributed by atoms with E-state index in [0.717, 1.165) is 29.4 Å². The smallest absolute Gasteiger partial charge is 0.167 e. The van der Waals surface area contributed by atoms with Crippen LogP contribution in [0.1, 0.15) is 33.8 Å². The molecule has 20 heavy (non-hydrogen) atoms. The first kappa shape index (κ1) is 12.8. The van der Waals surface area contributed by atoms with E-state index >= 15 is 0 Å². The van der Waals surface area contributed by atoms with E-state index in [-0.39, 0.29) is 17.6 Å². The van der Waals surface area contributed by atoms with E-state index in [0.29, 0.717) is 6.42 Å². The Morgan fingerprint density at radius 1 is 1.00 bits per heavy atom. The highest BCUT2D eigenvalue weighted by molar-refractivity contribution is 6.01. The molecule has 100 valence electrons. The van der Waals surface area contributed by atoms with Crippen LogP contribution in [0, 0.1) is 5.92 Å². The van der Waals surface area contributed by atoms with E-state index in [1.165, 1.54) is 0 Å². The van der Waals surface area contributed by atoms with E-state index in [4.69, 9.17) is 0 Å². The summed E-state index contributed by atoms with van der Waals surface area (Å²) in [6, 6.07) is 17.8. The third-order valence-electron chi connectivity index (χ3n) is 4.12. The summed E-state index contributed by atoms with van der Waals surface area (Å²) < 4.78 is 0. The SMILES string of the molecule is O=CCC1C(=O)c2ccccc2CC1c1ccccc1. The second kappa shape index (κ2) is 5.41. The average molecular weight is 264 g/mol. The van der Waals surface area contributed by atoms with Crippen LogP contribution >= 0.6 is 0 Å². The van der Waals surface area contributed by atoms with Crippen LogP contribution in [0.5, 0.6) is 0 Å². The Balaban J connectivity index is 2.05. The monoisotopic (exact) mass is 264 g/mol. The number of aldehydes is 1. The van der Waals surface area contributed by atoms with E-state index in [1.54, 1.807) is 0 Å². The first-order chi connectivity index (χ1) is 9.81. The fraction of sp³-hybridized carbons (Fsp3) is 0.222. The third kappa shape index (κ3) is 2.18. The van der Waals surface area contributed by atoms with Crippen LogP contribution in [0.25, 0.3) is 0 Å². The molecule has 0 saturated heterocycles. The van der Waals surface area contributed by atoms with Gasteiger partial charge in [-0.3, -0.25) is 4.79 Å². The number of hydrogen-bond donors (Lipinski definition) is 0. The Hall–Kier alpha value is -2.22. The standard InChI is InChI=1S/C18H16O2/c19-11-10-16-17(13-6-2-1-3-7-13)12-14-8-4-5-9-15(14)18(16)20/h1-9,11,16-17H,10,12H2. The van der Waals surface area contributed by atoms with Gasteiger partial charge in [0, 0.05) is 17.9 Å². The molecule has 0 N–H and O–H groups in total. The maximum atomic E-state index is 12.6. The van der Waals surface area contributed by atoms with Gasteiger partial charge in [0.2, 0.25) is 0 Å². The lowest BCUT2D eigenvalue weighted by molar-refractivity contribution is -0.108. The number of ketones is 1. The predicted molar refractivity (Wildman–Crippen MR) is 77.8 cm³/mol. The van der Waals surface area contributed by atoms with Crippen molar-refractivity contribution in [1.29, 1.82) is 0 Å². The van der Waals surface area contributed by atoms with Crippen LogP contribution in [-0.4, -0.2) is 12.1 Å². The zero-order chi connectivity index (χ0) is 13.9. The van der Waals surface area contributed by atoms with E-state index in [1.807, 2.05) is 54.6 Å². The Morgan fingerprint density at radius 2 is 1.70 bits per heavy atom. The molecule has 0 aromatic heterocycles. The van der Waals surface area contributed by atoms with Gasteiger partial charge in [0.05, 0.1) is 0 Å². The van der Waals surface area contributed by atoms with Crippen LogP contribution in [0.3, 0.4) is 0 Å². The molecular weight excluding hydrogens is 248 g/mol. The zero-order valence-corrected chi connectivity index (χ0v) is 11.2. The van der Waals surface area contributed by atoms with Crippen molar-refractivity contribution in [3.8, 4) is 0 Å². The van der Waals surface area contributed by atoms with Crippen LogP contribution in [0.4, 0.5) is 0 Å². The minimum absolute atomic E-state index is 0.101. The molecule has 0 fully saturated rings. The second-order valence-electron chi connectivity index (χ2n) is 5.25. The van der Waals surface area contributed by atoms with Gasteiger partial charge in [-0.1, -0.05) is 54.6 Å². The van der Waals surface area contributed by atoms with Crippen LogP contribution < -0.4 is 0 Å². The minimum atomic E-state index is -0.232. The number of fused-ring (bicyclic) bond motifs is 1. The highest BCUT2D eigenvalue weighted by Gasteiger charge is 2.35. The summed E-state index contributed by atoms with van der Waals surface area (Å²) in [5.74, 6) is -0.0265. The van der Waals surface area contributed by atoms with E-state index in [9.17, 15) is 9.59 Å². The maximum Gasteiger partial charge on any atom is 0.167 e. The summed E-state index contributed by atoms with van der Waals surface area (Å²) in [6.45, 7) is 0. The van der Waals surface area contributed by atoms with E-state index in [2.05, 4.69) is 0 Å². The van der Waals surface area contributed by atoms with Crippen molar-refractivity contribution < 1.29 is 9.59 Å². The Bertz CT molecular complexity index is 631. The molecule has 2 atom stereocenters. The molecular formula is C18H16O2. The molecule has 2 unspecified atom stereocenters. The lowest BCUT2D eigenvalue weighted by Gasteiger charge is -2.31. The summed E-state index contributed by atoms with van der Waals surface area (Å²) in [5.41, 5.74) is 3.02. The molecule has 3 rings (SSSR count). The van der Waals surface area contributed by atoms with Gasteiger partial charge in [-0.25, -0.2) is 0 Å². The number of Topliss-reactive ketones (excluding diaryl/α,β-unsaturated/α-hetero) is 1. The second-order valence-corrected chi connectivity index (χ2v) is 5.25. The molecule has 2 nitrogen and oxygen atoms in total. The molecule has 1 aliphatic rings. The zero-order valence-electron chi connectivity index (χ0n) is 11.2. The van der Waals surface area contributed by atoms with Crippen molar-refractivity contribution in [1.82, 2.24) is 0 Å². The molecule has 1 aliphatic carbocycles. The number of benzene rings is 2. The summed E-state index contributed by atoms with van der Waals surface area (Å²) in [6.07, 6.45) is 1.99. The molecule has 0 amide bonds. The van der Waals surface area contributed by atoms with Gasteiger partial charge in [-0.05, 0) is 23.5 Å². The van der Waals surface area contributed by atoms with Crippen LogP contribution in [0.2, 0.25) is 0 Å². The molecule has 0 bridgehead atoms. The summed E-state index contributed by atoms with van der Waals surface area (Å²) in [5, 5.41) is 0. The molecule has 2 heteroatoms. The number of rotatable bonds is 3. The Labute approximate surface area is 118 Å². The molecule has 0 saturated carbocycles. The van der Waals surface area contributed by atoms with Gasteiger partial charge in [0.1, 0.15) is 6.29 Å². The van der Waals surface area contributed by atoms with Gasteiger partial charge in [-0.15, -0.1) is 0 Å². The largest absolute Gasteiger partial charge is 0.303 e. The number of carbonyl (C=O) groups excluding carboxylic acids is 2. The average Bonchev–Trinajstić information content (AvgIpc) is 2.51. The van der Waals surface area contributed by atoms with Crippen molar-refractivity contribution in [3.63, 3.8) is 0 Å². The molecule has 2 aromatic carbocycles. The quantitative estimate of drug-likeness (QED) is 0.796. The van der Waals surface area contributed by atoms with Crippen LogP contribution in [-0.2, 0) is 11.2 Å². The lowest BCUT2D eigenvalue weighted by Crippen LogP contribution is -2.30. The summed E-state index contributed by atoms with van der Waals surface area (Å²) >= 11 is 0. The fourth-order valence-electron chi connectivity index (χ4n) is 3.13. The molecule has 2 aromatic rings. The molecule has 0 spiro atoms. The first-order valence-electron chi connectivity index (χ1n) is 6.92. The topological polar surface area (TPSA) is 34.1 Å². The summed E-state index contributed by atoms with van der Waals surface area (Å²) in [4.78, 5) is 23.6. The van der Waals surface area contributed by atoms with Gasteiger partial charge in [0.15, 0.2) is 5.78 Å².